The maximum atomic E-state index is 12.7. The van der Waals surface area contributed by atoms with E-state index in [0.29, 0.717) is 11.3 Å². The molecule has 1 unspecified atom stereocenters. The summed E-state index contributed by atoms with van der Waals surface area (Å²) in [5.41, 5.74) is -0.236. The van der Waals surface area contributed by atoms with E-state index in [4.69, 9.17) is 4.74 Å². The van der Waals surface area contributed by atoms with Gasteiger partial charge < -0.3 is 9.84 Å². The van der Waals surface area contributed by atoms with Crippen molar-refractivity contribution in [1.29, 1.82) is 0 Å². The number of alkyl halides is 3. The predicted molar refractivity (Wildman–Crippen MR) is 76.2 cm³/mol. The second kappa shape index (κ2) is 6.07. The minimum absolute atomic E-state index is 0.158. The molecule has 2 aromatic carbocycles. The number of ether oxygens (including phenoxy) is 1. The molecule has 112 valence electrons. The van der Waals surface area contributed by atoms with Gasteiger partial charge >= 0.3 is 6.18 Å². The monoisotopic (exact) mass is 360 g/mol. The molecule has 0 heterocycles. The summed E-state index contributed by atoms with van der Waals surface area (Å²) in [6.45, 7) is 0. The summed E-state index contributed by atoms with van der Waals surface area (Å²) in [7, 11) is 1.43. The number of benzene rings is 2. The standard InChI is InChI=1S/C15H12BrF3O2/c1-21-13-8-11(16)5-6-12(13)14(20)9-3-2-4-10(7-9)15(17,18)19/h2-8,14,20H,1H3. The third kappa shape index (κ3) is 3.57. The smallest absolute Gasteiger partial charge is 0.416 e. The highest BCUT2D eigenvalue weighted by molar-refractivity contribution is 9.10. The van der Waals surface area contributed by atoms with Gasteiger partial charge in [-0.15, -0.1) is 0 Å². The van der Waals surface area contributed by atoms with Crippen molar-refractivity contribution in [2.24, 2.45) is 0 Å². The molecule has 0 fully saturated rings. The largest absolute Gasteiger partial charge is 0.496 e. The van der Waals surface area contributed by atoms with Gasteiger partial charge in [0.2, 0.25) is 0 Å². The fraction of sp³-hybridized carbons (Fsp3) is 0.200. The maximum Gasteiger partial charge on any atom is 0.416 e. The Morgan fingerprint density at radius 2 is 1.86 bits per heavy atom. The first-order chi connectivity index (χ1) is 9.82. The van der Waals surface area contributed by atoms with E-state index < -0.39 is 17.8 Å². The van der Waals surface area contributed by atoms with Crippen LogP contribution in [-0.4, -0.2) is 12.2 Å². The first-order valence-electron chi connectivity index (χ1n) is 6.01. The Balaban J connectivity index is 2.43. The Morgan fingerprint density at radius 3 is 2.48 bits per heavy atom. The minimum atomic E-state index is -4.44. The number of methoxy groups -OCH3 is 1. The van der Waals surface area contributed by atoms with Gasteiger partial charge in [0.05, 0.1) is 12.7 Å². The summed E-state index contributed by atoms with van der Waals surface area (Å²) < 4.78 is 44.1. The molecule has 0 aliphatic rings. The molecule has 0 saturated carbocycles. The zero-order valence-electron chi connectivity index (χ0n) is 11.0. The van der Waals surface area contributed by atoms with Gasteiger partial charge in [0.25, 0.3) is 0 Å². The van der Waals surface area contributed by atoms with Gasteiger partial charge in [-0.05, 0) is 29.8 Å². The first kappa shape index (κ1) is 15.9. The summed E-state index contributed by atoms with van der Waals surface area (Å²) in [4.78, 5) is 0. The van der Waals surface area contributed by atoms with Crippen molar-refractivity contribution in [3.8, 4) is 5.75 Å². The zero-order chi connectivity index (χ0) is 15.6. The van der Waals surface area contributed by atoms with E-state index in [1.807, 2.05) is 0 Å². The van der Waals surface area contributed by atoms with E-state index in [1.165, 1.54) is 19.2 Å². The maximum absolute atomic E-state index is 12.7. The van der Waals surface area contributed by atoms with Crippen LogP contribution in [0.25, 0.3) is 0 Å². The summed E-state index contributed by atoms with van der Waals surface area (Å²) in [5.74, 6) is 0.397. The lowest BCUT2D eigenvalue weighted by Crippen LogP contribution is -2.08. The fourth-order valence-corrected chi connectivity index (χ4v) is 2.32. The Hall–Kier alpha value is -1.53. The number of hydrogen-bond acceptors (Lipinski definition) is 2. The van der Waals surface area contributed by atoms with Gasteiger partial charge in [-0.3, -0.25) is 0 Å². The highest BCUT2D eigenvalue weighted by atomic mass is 79.9. The summed E-state index contributed by atoms with van der Waals surface area (Å²) >= 11 is 3.27. The van der Waals surface area contributed by atoms with Crippen LogP contribution in [0.3, 0.4) is 0 Å². The molecule has 2 aromatic rings. The average Bonchev–Trinajstić information content (AvgIpc) is 2.45. The highest BCUT2D eigenvalue weighted by Gasteiger charge is 2.31. The van der Waals surface area contributed by atoms with Gasteiger partial charge in [0, 0.05) is 10.0 Å². The molecule has 0 bridgehead atoms. The molecule has 0 aliphatic carbocycles. The van der Waals surface area contributed by atoms with Gasteiger partial charge in [-0.1, -0.05) is 34.1 Å². The molecule has 0 aromatic heterocycles. The van der Waals surface area contributed by atoms with Crippen molar-refractivity contribution in [1.82, 2.24) is 0 Å². The van der Waals surface area contributed by atoms with Crippen LogP contribution in [0.15, 0.2) is 46.9 Å². The van der Waals surface area contributed by atoms with Crippen LogP contribution < -0.4 is 4.74 Å². The van der Waals surface area contributed by atoms with Crippen molar-refractivity contribution in [2.75, 3.05) is 7.11 Å². The van der Waals surface area contributed by atoms with Crippen molar-refractivity contribution >= 4 is 15.9 Å². The molecule has 1 atom stereocenters. The Labute approximate surface area is 128 Å². The molecule has 0 saturated heterocycles. The molecule has 0 spiro atoms. The topological polar surface area (TPSA) is 29.5 Å². The van der Waals surface area contributed by atoms with Gasteiger partial charge in [0.15, 0.2) is 0 Å². The Morgan fingerprint density at radius 1 is 1.14 bits per heavy atom. The lowest BCUT2D eigenvalue weighted by molar-refractivity contribution is -0.137. The normalized spacial score (nSPS) is 13.0. The molecule has 0 amide bonds. The van der Waals surface area contributed by atoms with Crippen LogP contribution in [0.4, 0.5) is 13.2 Å². The van der Waals surface area contributed by atoms with E-state index in [0.717, 1.165) is 16.6 Å². The molecular weight excluding hydrogens is 349 g/mol. The molecule has 0 aliphatic heterocycles. The average molecular weight is 361 g/mol. The van der Waals surface area contributed by atoms with Gasteiger partial charge in [-0.2, -0.15) is 13.2 Å². The van der Waals surface area contributed by atoms with Crippen LogP contribution in [-0.2, 0) is 6.18 Å². The second-order valence-electron chi connectivity index (χ2n) is 4.41. The molecule has 2 rings (SSSR count). The summed E-state index contributed by atoms with van der Waals surface area (Å²) in [6, 6.07) is 9.56. The van der Waals surface area contributed by atoms with Crippen molar-refractivity contribution < 1.29 is 23.0 Å². The zero-order valence-corrected chi connectivity index (χ0v) is 12.6. The lowest BCUT2D eigenvalue weighted by atomic mass is 9.99. The van der Waals surface area contributed by atoms with Gasteiger partial charge in [0.1, 0.15) is 11.9 Å². The Kier molecular flexibility index (Phi) is 4.58. The molecule has 0 radical (unpaired) electrons. The van der Waals surface area contributed by atoms with E-state index in [9.17, 15) is 18.3 Å². The van der Waals surface area contributed by atoms with E-state index in [-0.39, 0.29) is 5.56 Å². The third-order valence-electron chi connectivity index (χ3n) is 3.02. The van der Waals surface area contributed by atoms with Crippen LogP contribution >= 0.6 is 15.9 Å². The van der Waals surface area contributed by atoms with E-state index in [1.54, 1.807) is 18.2 Å². The highest BCUT2D eigenvalue weighted by Crippen LogP contribution is 2.35. The van der Waals surface area contributed by atoms with Crippen molar-refractivity contribution in [3.63, 3.8) is 0 Å². The van der Waals surface area contributed by atoms with E-state index >= 15 is 0 Å². The molecule has 6 heteroatoms. The molecular formula is C15H12BrF3O2. The van der Waals surface area contributed by atoms with Crippen molar-refractivity contribution in [2.45, 2.75) is 12.3 Å². The molecule has 2 nitrogen and oxygen atoms in total. The number of halogens is 4. The quantitative estimate of drug-likeness (QED) is 0.869. The van der Waals surface area contributed by atoms with Crippen LogP contribution in [0.5, 0.6) is 5.75 Å². The number of aliphatic hydroxyl groups is 1. The van der Waals surface area contributed by atoms with Crippen LogP contribution in [0.2, 0.25) is 0 Å². The summed E-state index contributed by atoms with van der Waals surface area (Å²) in [6.07, 6.45) is -5.64. The molecule has 21 heavy (non-hydrogen) atoms. The number of hydrogen-bond donors (Lipinski definition) is 1. The number of aliphatic hydroxyl groups excluding tert-OH is 1. The second-order valence-corrected chi connectivity index (χ2v) is 5.33. The summed E-state index contributed by atoms with van der Waals surface area (Å²) in [5, 5.41) is 10.3. The van der Waals surface area contributed by atoms with E-state index in [2.05, 4.69) is 15.9 Å². The number of rotatable bonds is 3. The van der Waals surface area contributed by atoms with Gasteiger partial charge in [-0.25, -0.2) is 0 Å². The lowest BCUT2D eigenvalue weighted by Gasteiger charge is -2.17. The molecule has 1 N–H and O–H groups in total. The minimum Gasteiger partial charge on any atom is -0.496 e. The third-order valence-corrected chi connectivity index (χ3v) is 3.51. The van der Waals surface area contributed by atoms with Crippen LogP contribution in [0, 0.1) is 0 Å². The first-order valence-corrected chi connectivity index (χ1v) is 6.81. The fourth-order valence-electron chi connectivity index (χ4n) is 1.98. The van der Waals surface area contributed by atoms with Crippen LogP contribution in [0.1, 0.15) is 22.8 Å². The predicted octanol–water partition coefficient (Wildman–Crippen LogP) is 4.56. The van der Waals surface area contributed by atoms with Crippen molar-refractivity contribution in [3.05, 3.63) is 63.6 Å². The SMILES string of the molecule is COc1cc(Br)ccc1C(O)c1cccc(C(F)(F)F)c1. The Bertz CT molecular complexity index is 641.